The normalized spacial score (nSPS) is 14.3. The van der Waals surface area contributed by atoms with E-state index in [1.807, 2.05) is 0 Å². The van der Waals surface area contributed by atoms with Gasteiger partial charge in [-0.25, -0.2) is 9.13 Å². The van der Waals surface area contributed by atoms with Crippen molar-refractivity contribution >= 4 is 39.5 Å². The maximum atomic E-state index is 13.1. The first-order valence-electron chi connectivity index (χ1n) is 42.5. The molecule has 5 atom stereocenters. The van der Waals surface area contributed by atoms with Crippen molar-refractivity contribution in [1.82, 2.24) is 0 Å². The highest BCUT2D eigenvalue weighted by Gasteiger charge is 2.30. The van der Waals surface area contributed by atoms with E-state index >= 15 is 0 Å². The summed E-state index contributed by atoms with van der Waals surface area (Å²) in [6.07, 6.45) is 85.1. The van der Waals surface area contributed by atoms with Gasteiger partial charge in [-0.15, -0.1) is 0 Å². The Morgan fingerprint density at radius 2 is 0.491 bits per heavy atom. The first-order valence-corrected chi connectivity index (χ1v) is 45.5. The molecule has 106 heavy (non-hydrogen) atoms. The van der Waals surface area contributed by atoms with Crippen LogP contribution in [-0.4, -0.2) is 96.7 Å². The Morgan fingerprint density at radius 3 is 0.792 bits per heavy atom. The zero-order valence-electron chi connectivity index (χ0n) is 67.3. The molecule has 0 rings (SSSR count). The van der Waals surface area contributed by atoms with Crippen LogP contribution in [0.3, 0.4) is 0 Å². The number of carbonyl (C=O) groups excluding carboxylic acids is 4. The van der Waals surface area contributed by atoms with Gasteiger partial charge in [0.05, 0.1) is 26.4 Å². The van der Waals surface area contributed by atoms with Crippen LogP contribution in [0.5, 0.6) is 0 Å². The lowest BCUT2D eigenvalue weighted by molar-refractivity contribution is -0.161. The Balaban J connectivity index is 5.34. The van der Waals surface area contributed by atoms with E-state index in [1.54, 1.807) is 0 Å². The zero-order chi connectivity index (χ0) is 77.4. The highest BCUT2D eigenvalue weighted by Crippen LogP contribution is 2.45. The minimum Gasteiger partial charge on any atom is -0.462 e. The summed E-state index contributed by atoms with van der Waals surface area (Å²) in [5.74, 6) is -2.19. The molecule has 0 radical (unpaired) electrons. The van der Waals surface area contributed by atoms with Gasteiger partial charge in [0.15, 0.2) is 12.2 Å². The predicted molar refractivity (Wildman–Crippen MR) is 436 cm³/mol. The van der Waals surface area contributed by atoms with E-state index < -0.39 is 97.5 Å². The Morgan fingerprint density at radius 1 is 0.274 bits per heavy atom. The third-order valence-electron chi connectivity index (χ3n) is 18.0. The molecule has 614 valence electrons. The van der Waals surface area contributed by atoms with Crippen molar-refractivity contribution in [2.24, 2.45) is 0 Å². The number of aliphatic hydroxyl groups excluding tert-OH is 1. The van der Waals surface area contributed by atoms with Gasteiger partial charge in [-0.1, -0.05) is 318 Å². The molecule has 0 saturated heterocycles. The maximum absolute atomic E-state index is 13.1. The Hall–Kier alpha value is -4.02. The molecular formula is C87H154O17P2. The molecule has 0 aromatic rings. The fraction of sp³-hybridized carbons (Fsp3) is 0.770. The van der Waals surface area contributed by atoms with E-state index in [0.717, 1.165) is 186 Å². The van der Waals surface area contributed by atoms with Crippen LogP contribution in [0, 0.1) is 0 Å². The molecule has 0 aromatic carbocycles. The first-order chi connectivity index (χ1) is 51.7. The predicted octanol–water partition coefficient (Wildman–Crippen LogP) is 25.1. The number of hydrogen-bond acceptors (Lipinski definition) is 15. The van der Waals surface area contributed by atoms with Gasteiger partial charge in [-0.3, -0.25) is 37.3 Å². The molecule has 0 amide bonds. The Labute approximate surface area is 646 Å². The van der Waals surface area contributed by atoms with Crippen LogP contribution in [0.15, 0.2) is 97.2 Å². The SMILES string of the molecule is CC/C=C\C/C=C\C/C=C\C/C=C\CCCCCCCCC(=O)OCC(COP(=O)(O)OCC(O)COP(=O)(O)OCC(COC(=O)CCCCCCCC/C=C\C/C=C\C/C=C\CCCCC)OC(=O)CCCCCCCCCCCCCCCCC)OC(=O)CCCCCCC/C=C\CCCCCC. The number of unbranched alkanes of at least 4 members (excludes halogenated alkanes) is 38. The largest absolute Gasteiger partial charge is 0.472 e. The molecule has 19 heteroatoms. The lowest BCUT2D eigenvalue weighted by Gasteiger charge is -2.21. The second-order valence-corrected chi connectivity index (χ2v) is 31.3. The van der Waals surface area contributed by atoms with E-state index in [9.17, 15) is 43.2 Å². The van der Waals surface area contributed by atoms with Gasteiger partial charge in [-0.2, -0.15) is 0 Å². The number of ether oxygens (including phenoxy) is 4. The van der Waals surface area contributed by atoms with Crippen molar-refractivity contribution in [2.45, 2.75) is 393 Å². The topological polar surface area (TPSA) is 237 Å². The first kappa shape index (κ1) is 102. The van der Waals surface area contributed by atoms with E-state index in [2.05, 4.69) is 125 Å². The van der Waals surface area contributed by atoms with Crippen molar-refractivity contribution in [3.8, 4) is 0 Å². The second kappa shape index (κ2) is 79.1. The number of carbonyl (C=O) groups is 4. The Kier molecular flexibility index (Phi) is 76.1. The van der Waals surface area contributed by atoms with Crippen LogP contribution < -0.4 is 0 Å². The van der Waals surface area contributed by atoms with Gasteiger partial charge in [0, 0.05) is 25.7 Å². The molecule has 0 fully saturated rings. The monoisotopic (exact) mass is 1530 g/mol. The minimum absolute atomic E-state index is 0.0822. The summed E-state index contributed by atoms with van der Waals surface area (Å²) in [6.45, 7) is 4.75. The number of aliphatic hydroxyl groups is 1. The maximum Gasteiger partial charge on any atom is 0.472 e. The molecule has 0 heterocycles. The molecule has 3 N–H and O–H groups in total. The highest BCUT2D eigenvalue weighted by molar-refractivity contribution is 7.47. The van der Waals surface area contributed by atoms with Gasteiger partial charge in [0.2, 0.25) is 0 Å². The van der Waals surface area contributed by atoms with Crippen LogP contribution in [0.4, 0.5) is 0 Å². The zero-order valence-corrected chi connectivity index (χ0v) is 69.1. The standard InChI is InChI=1S/C87H154O17P2/c1-5-9-13-17-21-25-29-33-36-38-40-42-45-48-51-55-59-63-67-71-84(89)97-77-82(103-86(91)73-69-65-61-57-53-47-32-28-24-20-16-12-8-4)79-101-105(93,94)99-75-81(88)76-100-106(95,96)102-80-83(104-87(92)74-70-66-62-58-54-50-44-35-31-27-23-19-15-11-7-3)78-98-85(90)72-68-64-60-56-52-49-46-43-41-39-37-34-30-26-22-18-14-10-6-2/h9,13,21-22,25-26,28,32-34,36-37,40-43,81-83,88H,5-8,10-12,14-20,23-24,27,29-31,35,38-39,44-80H2,1-4H3,(H,93,94)(H,95,96)/b13-9-,25-21-,26-22-,32-28-,36-33-,37-34-,42-40-,43-41-. The fourth-order valence-electron chi connectivity index (χ4n) is 11.6. The lowest BCUT2D eigenvalue weighted by Crippen LogP contribution is -2.30. The fourth-order valence-corrected chi connectivity index (χ4v) is 13.1. The molecule has 0 aromatic heterocycles. The van der Waals surface area contributed by atoms with E-state index in [-0.39, 0.29) is 25.7 Å². The number of phosphoric ester groups is 2. The van der Waals surface area contributed by atoms with Gasteiger partial charge < -0.3 is 33.8 Å². The summed E-state index contributed by atoms with van der Waals surface area (Å²) in [5.41, 5.74) is 0. The molecule has 0 aliphatic rings. The Bertz CT molecular complexity index is 2380. The minimum atomic E-state index is -4.98. The van der Waals surface area contributed by atoms with Gasteiger partial charge in [0.1, 0.15) is 19.3 Å². The number of esters is 4. The average molecular weight is 1530 g/mol. The molecule has 0 aliphatic heterocycles. The van der Waals surface area contributed by atoms with E-state index in [4.69, 9.17) is 37.0 Å². The number of rotatable bonds is 80. The molecule has 5 unspecified atom stereocenters. The van der Waals surface area contributed by atoms with Gasteiger partial charge in [-0.05, 0) is 128 Å². The number of phosphoric acid groups is 2. The third kappa shape index (κ3) is 78.1. The van der Waals surface area contributed by atoms with Gasteiger partial charge in [0.25, 0.3) is 0 Å². The third-order valence-corrected chi connectivity index (χ3v) is 19.9. The van der Waals surface area contributed by atoms with Gasteiger partial charge >= 0.3 is 39.5 Å². The summed E-state index contributed by atoms with van der Waals surface area (Å²) < 4.78 is 68.8. The molecule has 17 nitrogen and oxygen atoms in total. The second-order valence-electron chi connectivity index (χ2n) is 28.4. The van der Waals surface area contributed by atoms with Crippen molar-refractivity contribution < 1.29 is 80.2 Å². The van der Waals surface area contributed by atoms with Crippen molar-refractivity contribution in [2.75, 3.05) is 39.6 Å². The number of allylic oxidation sites excluding steroid dienone is 16. The summed E-state index contributed by atoms with van der Waals surface area (Å²) in [5, 5.41) is 10.7. The van der Waals surface area contributed by atoms with Crippen LogP contribution >= 0.6 is 15.6 Å². The van der Waals surface area contributed by atoms with Crippen molar-refractivity contribution in [1.29, 1.82) is 0 Å². The number of hydrogen-bond donors (Lipinski definition) is 3. The molecule has 0 bridgehead atoms. The summed E-state index contributed by atoms with van der Waals surface area (Å²) in [7, 11) is -9.96. The molecular weight excluding hydrogens is 1380 g/mol. The van der Waals surface area contributed by atoms with E-state index in [0.29, 0.717) is 25.7 Å². The van der Waals surface area contributed by atoms with Crippen LogP contribution in [0.1, 0.15) is 374 Å². The molecule has 0 aliphatic carbocycles. The van der Waals surface area contributed by atoms with Crippen LogP contribution in [0.25, 0.3) is 0 Å². The smallest absolute Gasteiger partial charge is 0.462 e. The van der Waals surface area contributed by atoms with Crippen LogP contribution in [0.2, 0.25) is 0 Å². The summed E-state index contributed by atoms with van der Waals surface area (Å²) in [6, 6.07) is 0. The average Bonchev–Trinajstić information content (AvgIpc) is 0.901. The molecule has 0 saturated carbocycles. The van der Waals surface area contributed by atoms with Crippen molar-refractivity contribution in [3.63, 3.8) is 0 Å². The summed E-state index contributed by atoms with van der Waals surface area (Å²) >= 11 is 0. The van der Waals surface area contributed by atoms with Crippen LogP contribution in [-0.2, 0) is 65.4 Å². The molecule has 0 spiro atoms. The van der Waals surface area contributed by atoms with Crippen molar-refractivity contribution in [3.05, 3.63) is 97.2 Å². The van der Waals surface area contributed by atoms with E-state index in [1.165, 1.54) is 109 Å². The highest BCUT2D eigenvalue weighted by atomic mass is 31.2. The quantitative estimate of drug-likeness (QED) is 0.0169. The summed E-state index contributed by atoms with van der Waals surface area (Å²) in [4.78, 5) is 73.2. The lowest BCUT2D eigenvalue weighted by atomic mass is 10.0.